The van der Waals surface area contributed by atoms with Gasteiger partial charge in [-0.3, -0.25) is 9.59 Å². The average Bonchev–Trinajstić information content (AvgIpc) is 3.09. The lowest BCUT2D eigenvalue weighted by atomic mass is 9.83. The molecular formula is C25H26F3NO5. The topological polar surface area (TPSA) is 94.9 Å². The molecule has 1 saturated heterocycles. The quantitative estimate of drug-likeness (QED) is 0.599. The van der Waals surface area contributed by atoms with Crippen molar-refractivity contribution in [2.45, 2.75) is 51.4 Å². The van der Waals surface area contributed by atoms with E-state index in [1.54, 1.807) is 38.1 Å². The molecular weight excluding hydrogens is 451 g/mol. The summed E-state index contributed by atoms with van der Waals surface area (Å²) in [5.41, 5.74) is -1.60. The van der Waals surface area contributed by atoms with Gasteiger partial charge < -0.3 is 15.1 Å². The SMILES string of the molecule is Cc1ccc([C@H]2[C@@H](C(=O)O)C[C@@](CC(C)C)(C(=O)O)N2C(=O)c2ccc(C(F)(F)F)cc2)cc1. The van der Waals surface area contributed by atoms with E-state index in [2.05, 4.69) is 0 Å². The fourth-order valence-electron chi connectivity index (χ4n) is 4.78. The van der Waals surface area contributed by atoms with E-state index in [-0.39, 0.29) is 24.3 Å². The third-order valence-electron chi connectivity index (χ3n) is 6.24. The van der Waals surface area contributed by atoms with Gasteiger partial charge in [0, 0.05) is 5.56 Å². The van der Waals surface area contributed by atoms with Crippen LogP contribution in [0.2, 0.25) is 0 Å². The molecule has 2 N–H and O–H groups in total. The number of carbonyl (C=O) groups excluding carboxylic acids is 1. The summed E-state index contributed by atoms with van der Waals surface area (Å²) in [6.07, 6.45) is -4.93. The van der Waals surface area contributed by atoms with Crippen LogP contribution in [0.25, 0.3) is 0 Å². The number of likely N-dealkylation sites (tertiary alicyclic amines) is 1. The van der Waals surface area contributed by atoms with Crippen molar-refractivity contribution in [2.24, 2.45) is 11.8 Å². The molecule has 0 radical (unpaired) electrons. The molecule has 182 valence electrons. The Hall–Kier alpha value is -3.36. The minimum Gasteiger partial charge on any atom is -0.481 e. The van der Waals surface area contributed by atoms with Crippen LogP contribution < -0.4 is 0 Å². The summed E-state index contributed by atoms with van der Waals surface area (Å²) < 4.78 is 39.0. The predicted octanol–water partition coefficient (Wildman–Crippen LogP) is 5.17. The molecule has 1 aliphatic rings. The molecule has 0 saturated carbocycles. The van der Waals surface area contributed by atoms with Gasteiger partial charge in [0.15, 0.2) is 0 Å². The van der Waals surface area contributed by atoms with Gasteiger partial charge in [-0.15, -0.1) is 0 Å². The zero-order valence-electron chi connectivity index (χ0n) is 19.0. The van der Waals surface area contributed by atoms with Crippen LogP contribution in [0.1, 0.15) is 59.8 Å². The predicted molar refractivity (Wildman–Crippen MR) is 117 cm³/mol. The van der Waals surface area contributed by atoms with Crippen molar-refractivity contribution in [3.63, 3.8) is 0 Å². The van der Waals surface area contributed by atoms with E-state index in [9.17, 15) is 37.8 Å². The van der Waals surface area contributed by atoms with E-state index in [1.807, 2.05) is 6.92 Å². The summed E-state index contributed by atoms with van der Waals surface area (Å²) in [7, 11) is 0. The van der Waals surface area contributed by atoms with Gasteiger partial charge in [-0.25, -0.2) is 4.79 Å². The Bertz CT molecular complexity index is 1080. The molecule has 6 nitrogen and oxygen atoms in total. The number of halogens is 3. The minimum atomic E-state index is -4.60. The van der Waals surface area contributed by atoms with Crippen LogP contribution in [0.3, 0.4) is 0 Å². The average molecular weight is 477 g/mol. The van der Waals surface area contributed by atoms with Gasteiger partial charge >= 0.3 is 18.1 Å². The van der Waals surface area contributed by atoms with Crippen molar-refractivity contribution >= 4 is 17.8 Å². The van der Waals surface area contributed by atoms with E-state index in [0.29, 0.717) is 5.56 Å². The number of hydrogen-bond acceptors (Lipinski definition) is 3. The van der Waals surface area contributed by atoms with Crippen LogP contribution in [0.15, 0.2) is 48.5 Å². The molecule has 1 heterocycles. The first kappa shape index (κ1) is 25.3. The summed E-state index contributed by atoms with van der Waals surface area (Å²) >= 11 is 0. The highest BCUT2D eigenvalue weighted by molar-refractivity contribution is 5.99. The Morgan fingerprint density at radius 1 is 1.03 bits per heavy atom. The smallest absolute Gasteiger partial charge is 0.416 e. The van der Waals surface area contributed by atoms with Crippen LogP contribution in [0.4, 0.5) is 13.2 Å². The van der Waals surface area contributed by atoms with Crippen molar-refractivity contribution in [3.05, 3.63) is 70.8 Å². The fourth-order valence-corrected chi connectivity index (χ4v) is 4.78. The first-order valence-corrected chi connectivity index (χ1v) is 10.8. The maximum Gasteiger partial charge on any atom is 0.416 e. The molecule has 1 amide bonds. The lowest BCUT2D eigenvalue weighted by Crippen LogP contribution is -2.54. The number of carbonyl (C=O) groups is 3. The Morgan fingerprint density at radius 3 is 2.03 bits per heavy atom. The van der Waals surface area contributed by atoms with Crippen LogP contribution in [0.5, 0.6) is 0 Å². The molecule has 0 spiro atoms. The number of rotatable bonds is 6. The number of amides is 1. The molecule has 34 heavy (non-hydrogen) atoms. The van der Waals surface area contributed by atoms with Crippen LogP contribution in [0, 0.1) is 18.8 Å². The van der Waals surface area contributed by atoms with Gasteiger partial charge in [-0.2, -0.15) is 13.2 Å². The van der Waals surface area contributed by atoms with E-state index in [4.69, 9.17) is 0 Å². The standard InChI is InChI=1S/C25H26F3NO5/c1-14(2)12-24(23(33)34)13-19(22(31)32)20(16-6-4-15(3)5-7-16)29(24)21(30)17-8-10-18(11-9-17)25(26,27)28/h4-11,14,19-20H,12-13H2,1-3H3,(H,31,32)(H,33,34)/t19-,20-,24-/m0/s1. The number of benzene rings is 2. The van der Waals surface area contributed by atoms with Crippen molar-refractivity contribution in [3.8, 4) is 0 Å². The molecule has 3 rings (SSSR count). The second kappa shape index (κ2) is 9.12. The lowest BCUT2D eigenvalue weighted by molar-refractivity contribution is -0.150. The Morgan fingerprint density at radius 2 is 1.59 bits per heavy atom. The monoisotopic (exact) mass is 477 g/mol. The number of nitrogens with zero attached hydrogens (tertiary/aromatic N) is 1. The fraction of sp³-hybridized carbons (Fsp3) is 0.400. The molecule has 1 aliphatic heterocycles. The van der Waals surface area contributed by atoms with Crippen LogP contribution in [-0.4, -0.2) is 38.5 Å². The number of alkyl halides is 3. The zero-order valence-corrected chi connectivity index (χ0v) is 19.0. The third kappa shape index (κ3) is 4.64. The lowest BCUT2D eigenvalue weighted by Gasteiger charge is -2.39. The van der Waals surface area contributed by atoms with Gasteiger partial charge in [0.25, 0.3) is 5.91 Å². The van der Waals surface area contributed by atoms with Crippen molar-refractivity contribution < 1.29 is 37.8 Å². The molecule has 0 aliphatic carbocycles. The first-order chi connectivity index (χ1) is 15.8. The highest BCUT2D eigenvalue weighted by Crippen LogP contribution is 2.50. The molecule has 0 aromatic heterocycles. The molecule has 3 atom stereocenters. The van der Waals surface area contributed by atoms with E-state index in [0.717, 1.165) is 34.7 Å². The van der Waals surface area contributed by atoms with E-state index in [1.165, 1.54) is 0 Å². The van der Waals surface area contributed by atoms with Gasteiger partial charge in [0.05, 0.1) is 17.5 Å². The number of hydrogen-bond donors (Lipinski definition) is 2. The van der Waals surface area contributed by atoms with Gasteiger partial charge in [0.2, 0.25) is 0 Å². The largest absolute Gasteiger partial charge is 0.481 e. The second-order valence-corrected chi connectivity index (χ2v) is 9.19. The molecule has 9 heteroatoms. The number of carboxylic acids is 2. The minimum absolute atomic E-state index is 0.0130. The Balaban J connectivity index is 2.21. The van der Waals surface area contributed by atoms with Gasteiger partial charge in [-0.1, -0.05) is 43.7 Å². The second-order valence-electron chi connectivity index (χ2n) is 9.19. The zero-order chi connectivity index (χ0) is 25.4. The summed E-state index contributed by atoms with van der Waals surface area (Å²) in [5.74, 6) is -4.84. The maximum atomic E-state index is 13.7. The molecule has 2 aromatic carbocycles. The molecule has 1 fully saturated rings. The summed E-state index contributed by atoms with van der Waals surface area (Å²) in [6, 6.07) is 9.15. The molecule has 2 aromatic rings. The third-order valence-corrected chi connectivity index (χ3v) is 6.24. The normalized spacial score (nSPS) is 22.7. The Labute approximate surface area is 195 Å². The Kier molecular flexibility index (Phi) is 6.78. The van der Waals surface area contributed by atoms with Crippen molar-refractivity contribution in [2.75, 3.05) is 0 Å². The number of carboxylic acid groups (broad SMARTS) is 2. The van der Waals surface area contributed by atoms with Crippen molar-refractivity contribution in [1.29, 1.82) is 0 Å². The first-order valence-electron chi connectivity index (χ1n) is 10.8. The van der Waals surface area contributed by atoms with E-state index >= 15 is 0 Å². The summed E-state index contributed by atoms with van der Waals surface area (Å²) in [5, 5.41) is 20.3. The van der Waals surface area contributed by atoms with E-state index < -0.39 is 47.1 Å². The van der Waals surface area contributed by atoms with Crippen molar-refractivity contribution in [1.82, 2.24) is 4.90 Å². The summed E-state index contributed by atoms with van der Waals surface area (Å²) in [4.78, 5) is 39.7. The summed E-state index contributed by atoms with van der Waals surface area (Å²) in [6.45, 7) is 5.36. The number of aliphatic carboxylic acids is 2. The number of aryl methyl sites for hydroxylation is 1. The van der Waals surface area contributed by atoms with Crippen LogP contribution >= 0.6 is 0 Å². The maximum absolute atomic E-state index is 13.7. The van der Waals surface area contributed by atoms with Gasteiger partial charge in [0.1, 0.15) is 5.54 Å². The molecule has 0 unspecified atom stereocenters. The van der Waals surface area contributed by atoms with Gasteiger partial charge in [-0.05, 0) is 55.5 Å². The van der Waals surface area contributed by atoms with Crippen LogP contribution in [-0.2, 0) is 15.8 Å². The highest BCUT2D eigenvalue weighted by atomic mass is 19.4. The molecule has 0 bridgehead atoms. The highest BCUT2D eigenvalue weighted by Gasteiger charge is 2.60.